The molecule has 4 nitrogen and oxygen atoms in total. The molecule has 0 aromatic rings. The molecule has 1 heterocycles. The van der Waals surface area contributed by atoms with E-state index >= 15 is 0 Å². The van der Waals surface area contributed by atoms with Crippen LogP contribution in [0.4, 0.5) is 0 Å². The topological polar surface area (TPSA) is 49.4 Å². The maximum atomic E-state index is 13.2. The Morgan fingerprint density at radius 1 is 1.05 bits per heavy atom. The van der Waals surface area contributed by atoms with Crippen LogP contribution in [0.25, 0.3) is 0 Å². The molecule has 3 rings (SSSR count). The van der Waals surface area contributed by atoms with Gasteiger partial charge in [-0.05, 0) is 32.6 Å². The van der Waals surface area contributed by atoms with Crippen LogP contribution in [0.1, 0.15) is 71.1 Å². The lowest BCUT2D eigenvalue weighted by Crippen LogP contribution is -2.60. The highest BCUT2D eigenvalue weighted by atomic mass is 16.2. The molecule has 2 aliphatic carbocycles. The van der Waals surface area contributed by atoms with Crippen LogP contribution in [0.3, 0.4) is 0 Å². The van der Waals surface area contributed by atoms with Gasteiger partial charge >= 0.3 is 0 Å². The summed E-state index contributed by atoms with van der Waals surface area (Å²) in [5.41, 5.74) is -0.581. The summed E-state index contributed by atoms with van der Waals surface area (Å²) in [5, 5.41) is 3.10. The highest BCUT2D eigenvalue weighted by molar-refractivity contribution is 5.94. The Morgan fingerprint density at radius 3 is 2.35 bits per heavy atom. The highest BCUT2D eigenvalue weighted by Crippen LogP contribution is 2.36. The Kier molecular flexibility index (Phi) is 3.74. The molecule has 2 saturated carbocycles. The first-order valence-electron chi connectivity index (χ1n) is 8.26. The summed E-state index contributed by atoms with van der Waals surface area (Å²) in [6.07, 6.45) is 10.1. The van der Waals surface area contributed by atoms with Crippen molar-refractivity contribution in [2.45, 2.75) is 88.8 Å². The smallest absolute Gasteiger partial charge is 0.248 e. The van der Waals surface area contributed by atoms with Crippen LogP contribution in [0.2, 0.25) is 0 Å². The van der Waals surface area contributed by atoms with E-state index in [4.69, 9.17) is 0 Å². The van der Waals surface area contributed by atoms with Crippen molar-refractivity contribution >= 4 is 11.8 Å². The second kappa shape index (κ2) is 5.38. The van der Waals surface area contributed by atoms with E-state index < -0.39 is 5.54 Å². The molecule has 1 atom stereocenters. The summed E-state index contributed by atoms with van der Waals surface area (Å²) in [7, 11) is 0. The average molecular weight is 278 g/mol. The summed E-state index contributed by atoms with van der Waals surface area (Å²) < 4.78 is 0. The minimum absolute atomic E-state index is 0.0481. The van der Waals surface area contributed by atoms with Crippen molar-refractivity contribution in [1.29, 1.82) is 0 Å². The van der Waals surface area contributed by atoms with Crippen LogP contribution in [-0.4, -0.2) is 34.3 Å². The van der Waals surface area contributed by atoms with Crippen molar-refractivity contribution in [2.24, 2.45) is 0 Å². The Balaban J connectivity index is 1.90. The summed E-state index contributed by atoms with van der Waals surface area (Å²) in [5.74, 6) is 0.274. The van der Waals surface area contributed by atoms with Crippen LogP contribution in [0, 0.1) is 0 Å². The number of nitrogens with one attached hydrogen (secondary N) is 1. The monoisotopic (exact) mass is 278 g/mol. The fourth-order valence-electron chi connectivity index (χ4n) is 4.39. The normalized spacial score (nSPS) is 31.4. The van der Waals surface area contributed by atoms with Crippen molar-refractivity contribution in [3.8, 4) is 0 Å². The summed E-state index contributed by atoms with van der Waals surface area (Å²) in [6.45, 7) is 2.04. The molecule has 0 bridgehead atoms. The first kappa shape index (κ1) is 13.9. The van der Waals surface area contributed by atoms with Gasteiger partial charge < -0.3 is 10.2 Å². The van der Waals surface area contributed by atoms with E-state index in [2.05, 4.69) is 10.2 Å². The predicted molar refractivity (Wildman–Crippen MR) is 77.1 cm³/mol. The zero-order chi connectivity index (χ0) is 14.2. The number of hydrogen-bond donors (Lipinski definition) is 1. The van der Waals surface area contributed by atoms with Crippen LogP contribution < -0.4 is 5.32 Å². The molecule has 112 valence electrons. The van der Waals surface area contributed by atoms with Gasteiger partial charge in [-0.25, -0.2) is 0 Å². The van der Waals surface area contributed by atoms with Crippen molar-refractivity contribution in [2.75, 3.05) is 0 Å². The lowest BCUT2D eigenvalue weighted by molar-refractivity contribution is -0.144. The quantitative estimate of drug-likeness (QED) is 0.800. The number of carbonyl (C=O) groups is 2. The number of hydrogen-bond acceptors (Lipinski definition) is 2. The lowest BCUT2D eigenvalue weighted by atomic mass is 9.80. The van der Waals surface area contributed by atoms with Crippen LogP contribution in [-0.2, 0) is 9.59 Å². The molecule has 1 saturated heterocycles. The first-order chi connectivity index (χ1) is 9.62. The molecule has 2 amide bonds. The second-order valence-corrected chi connectivity index (χ2v) is 6.89. The molecule has 4 heteroatoms. The maximum absolute atomic E-state index is 13.2. The van der Waals surface area contributed by atoms with Gasteiger partial charge in [0, 0.05) is 18.5 Å². The number of amides is 2. The van der Waals surface area contributed by atoms with Gasteiger partial charge in [0.05, 0.1) is 0 Å². The molecule has 1 aliphatic heterocycles. The predicted octanol–water partition coefficient (Wildman–Crippen LogP) is 2.37. The zero-order valence-corrected chi connectivity index (χ0v) is 12.5. The third kappa shape index (κ3) is 2.33. The van der Waals surface area contributed by atoms with E-state index in [1.807, 2.05) is 6.92 Å². The van der Waals surface area contributed by atoms with Crippen molar-refractivity contribution in [3.05, 3.63) is 0 Å². The van der Waals surface area contributed by atoms with Gasteiger partial charge in [-0.3, -0.25) is 9.59 Å². The summed E-state index contributed by atoms with van der Waals surface area (Å²) in [6, 6.07) is 0.413. The minimum atomic E-state index is -0.581. The molecular weight excluding hydrogens is 252 g/mol. The first-order valence-corrected chi connectivity index (χ1v) is 8.26. The zero-order valence-electron chi connectivity index (χ0n) is 12.5. The number of nitrogens with zero attached hydrogens (tertiary/aromatic N) is 1. The Bertz CT molecular complexity index is 395. The maximum Gasteiger partial charge on any atom is 0.248 e. The number of carbonyl (C=O) groups excluding carboxylic acids is 2. The standard InChI is InChI=1S/C16H26N2O2/c1-12-11-14(19)17-16(9-5-2-6-10-16)15(20)18(12)13-7-3-4-8-13/h12-13H,2-11H2,1H3,(H,17,19). The van der Waals surface area contributed by atoms with Gasteiger partial charge in [0.15, 0.2) is 0 Å². The SMILES string of the molecule is CC1CC(=O)NC2(CCCCC2)C(=O)N1C1CCCC1. The van der Waals surface area contributed by atoms with E-state index in [0.29, 0.717) is 12.5 Å². The van der Waals surface area contributed by atoms with Crippen LogP contribution >= 0.6 is 0 Å². The van der Waals surface area contributed by atoms with Crippen molar-refractivity contribution in [3.63, 3.8) is 0 Å². The number of rotatable bonds is 1. The van der Waals surface area contributed by atoms with Gasteiger partial charge in [0.1, 0.15) is 5.54 Å². The molecule has 0 aromatic carbocycles. The molecule has 3 aliphatic rings. The van der Waals surface area contributed by atoms with E-state index in [0.717, 1.165) is 38.5 Å². The molecule has 1 N–H and O–H groups in total. The van der Waals surface area contributed by atoms with E-state index in [-0.39, 0.29) is 17.9 Å². The molecule has 0 radical (unpaired) electrons. The Labute approximate surface area is 121 Å². The van der Waals surface area contributed by atoms with Crippen molar-refractivity contribution in [1.82, 2.24) is 10.2 Å². The fourth-order valence-corrected chi connectivity index (χ4v) is 4.39. The van der Waals surface area contributed by atoms with Gasteiger partial charge in [0.2, 0.25) is 11.8 Å². The third-order valence-electron chi connectivity index (χ3n) is 5.40. The molecule has 20 heavy (non-hydrogen) atoms. The summed E-state index contributed by atoms with van der Waals surface area (Å²) in [4.78, 5) is 27.4. The molecule has 1 spiro atoms. The van der Waals surface area contributed by atoms with E-state index in [1.54, 1.807) is 0 Å². The molecule has 3 fully saturated rings. The molecule has 0 aromatic heterocycles. The largest absolute Gasteiger partial charge is 0.342 e. The fraction of sp³-hybridized carbons (Fsp3) is 0.875. The van der Waals surface area contributed by atoms with Crippen molar-refractivity contribution < 1.29 is 9.59 Å². The highest BCUT2D eigenvalue weighted by Gasteiger charge is 2.48. The van der Waals surface area contributed by atoms with Gasteiger partial charge in [-0.15, -0.1) is 0 Å². The second-order valence-electron chi connectivity index (χ2n) is 6.89. The molecule has 1 unspecified atom stereocenters. The minimum Gasteiger partial charge on any atom is -0.342 e. The van der Waals surface area contributed by atoms with E-state index in [1.165, 1.54) is 19.3 Å². The van der Waals surface area contributed by atoms with Gasteiger partial charge in [0.25, 0.3) is 0 Å². The van der Waals surface area contributed by atoms with Crippen LogP contribution in [0.15, 0.2) is 0 Å². The van der Waals surface area contributed by atoms with Gasteiger partial charge in [-0.1, -0.05) is 32.1 Å². The average Bonchev–Trinajstić information content (AvgIpc) is 2.90. The summed E-state index contributed by atoms with van der Waals surface area (Å²) >= 11 is 0. The third-order valence-corrected chi connectivity index (χ3v) is 5.40. The van der Waals surface area contributed by atoms with E-state index in [9.17, 15) is 9.59 Å². The Hall–Kier alpha value is -1.06. The lowest BCUT2D eigenvalue weighted by Gasteiger charge is -2.41. The Morgan fingerprint density at radius 2 is 1.70 bits per heavy atom. The van der Waals surface area contributed by atoms with Gasteiger partial charge in [-0.2, -0.15) is 0 Å². The van der Waals surface area contributed by atoms with Crippen LogP contribution in [0.5, 0.6) is 0 Å². The molecular formula is C16H26N2O2.